The first-order valence-electron chi connectivity index (χ1n) is 8.40. The lowest BCUT2D eigenvalue weighted by molar-refractivity contribution is -0.132. The van der Waals surface area contributed by atoms with E-state index in [1.807, 2.05) is 41.3 Å². The summed E-state index contributed by atoms with van der Waals surface area (Å²) < 4.78 is 13.6. The number of hydrogen-bond donors (Lipinski definition) is 1. The molecule has 3 rings (SSSR count). The Labute approximate surface area is 154 Å². The summed E-state index contributed by atoms with van der Waals surface area (Å²) >= 11 is 0. The first kappa shape index (κ1) is 19.4. The van der Waals surface area contributed by atoms with Crippen molar-refractivity contribution in [3.63, 3.8) is 0 Å². The zero-order valence-corrected chi connectivity index (χ0v) is 15.1. The summed E-state index contributed by atoms with van der Waals surface area (Å²) in [7, 11) is 0. The third kappa shape index (κ3) is 4.59. The fraction of sp³-hybridized carbons (Fsp3) is 0.350. The Morgan fingerprint density at radius 1 is 1.24 bits per heavy atom. The van der Waals surface area contributed by atoms with Crippen LogP contribution in [0.5, 0.6) is 0 Å². The lowest BCUT2D eigenvalue weighted by atomic mass is 10.00. The zero-order valence-electron chi connectivity index (χ0n) is 14.3. The molecule has 0 aromatic heterocycles. The van der Waals surface area contributed by atoms with E-state index in [1.54, 1.807) is 6.07 Å². The molecule has 0 aliphatic carbocycles. The van der Waals surface area contributed by atoms with Gasteiger partial charge >= 0.3 is 0 Å². The molecule has 25 heavy (non-hydrogen) atoms. The number of halogens is 2. The highest BCUT2D eigenvalue weighted by Gasteiger charge is 2.34. The van der Waals surface area contributed by atoms with Gasteiger partial charge in [0.15, 0.2) is 0 Å². The summed E-state index contributed by atoms with van der Waals surface area (Å²) in [5.41, 5.74) is 8.02. The number of likely N-dealkylation sites (tertiary alicyclic amines) is 1. The van der Waals surface area contributed by atoms with E-state index in [4.69, 9.17) is 5.73 Å². The zero-order chi connectivity index (χ0) is 17.1. The number of nitrogens with two attached hydrogens (primary N) is 1. The molecule has 2 aromatic rings. The average molecular weight is 363 g/mol. The number of hydrogen-bond acceptors (Lipinski definition) is 2. The molecule has 134 valence electrons. The van der Waals surface area contributed by atoms with E-state index in [0.717, 1.165) is 17.5 Å². The van der Waals surface area contributed by atoms with Gasteiger partial charge in [0.2, 0.25) is 5.91 Å². The molecule has 3 nitrogen and oxygen atoms in total. The van der Waals surface area contributed by atoms with Gasteiger partial charge in [0.1, 0.15) is 5.82 Å². The summed E-state index contributed by atoms with van der Waals surface area (Å²) in [4.78, 5) is 14.7. The molecule has 1 amide bonds. The van der Waals surface area contributed by atoms with Gasteiger partial charge in [-0.3, -0.25) is 4.79 Å². The second-order valence-electron chi connectivity index (χ2n) is 6.68. The molecule has 0 radical (unpaired) electrons. The topological polar surface area (TPSA) is 46.3 Å². The van der Waals surface area contributed by atoms with Gasteiger partial charge in [0, 0.05) is 19.0 Å². The normalized spacial score (nSPS) is 20.8. The first-order chi connectivity index (χ1) is 11.5. The van der Waals surface area contributed by atoms with E-state index in [-0.39, 0.29) is 42.6 Å². The van der Waals surface area contributed by atoms with E-state index < -0.39 is 0 Å². The van der Waals surface area contributed by atoms with Crippen molar-refractivity contribution in [2.24, 2.45) is 11.7 Å². The van der Waals surface area contributed by atoms with Crippen molar-refractivity contribution in [2.75, 3.05) is 6.54 Å². The highest BCUT2D eigenvalue weighted by Crippen LogP contribution is 2.36. The fourth-order valence-corrected chi connectivity index (χ4v) is 3.47. The van der Waals surface area contributed by atoms with Gasteiger partial charge in [-0.1, -0.05) is 49.4 Å². The predicted octanol–water partition coefficient (Wildman–Crippen LogP) is 4.25. The van der Waals surface area contributed by atoms with Crippen LogP contribution in [0.1, 0.15) is 43.0 Å². The van der Waals surface area contributed by atoms with Crippen molar-refractivity contribution < 1.29 is 9.18 Å². The molecule has 0 bridgehead atoms. The molecule has 0 spiro atoms. The minimum Gasteiger partial charge on any atom is -0.335 e. The van der Waals surface area contributed by atoms with Crippen LogP contribution in [0.25, 0.3) is 0 Å². The van der Waals surface area contributed by atoms with Gasteiger partial charge in [-0.05, 0) is 35.6 Å². The van der Waals surface area contributed by atoms with Crippen LogP contribution < -0.4 is 5.73 Å². The molecule has 3 atom stereocenters. The number of nitrogens with zero attached hydrogens (tertiary/aromatic N) is 1. The highest BCUT2D eigenvalue weighted by molar-refractivity contribution is 5.85. The average Bonchev–Trinajstić information content (AvgIpc) is 2.98. The SMILES string of the molecule is CC1CC(c2cccc(F)c2)N(C(=O)CC(N)c2ccccc2)C1.Cl. The standard InChI is InChI=1S/C20H23FN2O.ClH/c1-14-10-19(16-8-5-9-17(21)11-16)23(13-14)20(24)12-18(22)15-6-3-2-4-7-15;/h2-9,11,14,18-19H,10,12-13,22H2,1H3;1H. The molecule has 0 saturated carbocycles. The van der Waals surface area contributed by atoms with E-state index in [0.29, 0.717) is 12.5 Å². The van der Waals surface area contributed by atoms with Gasteiger partial charge in [0.05, 0.1) is 6.04 Å². The molecular formula is C20H24ClFN2O. The number of rotatable bonds is 4. The van der Waals surface area contributed by atoms with Gasteiger partial charge in [-0.2, -0.15) is 0 Å². The number of carbonyl (C=O) groups excluding carboxylic acids is 1. The summed E-state index contributed by atoms with van der Waals surface area (Å²) in [6.07, 6.45) is 1.12. The first-order valence-corrected chi connectivity index (χ1v) is 8.40. The molecule has 5 heteroatoms. The molecule has 1 aliphatic rings. The maximum atomic E-state index is 13.6. The third-order valence-corrected chi connectivity index (χ3v) is 4.69. The van der Waals surface area contributed by atoms with Crippen LogP contribution in [0, 0.1) is 11.7 Å². The van der Waals surface area contributed by atoms with Gasteiger partial charge in [-0.25, -0.2) is 4.39 Å². The Hall–Kier alpha value is -1.91. The van der Waals surface area contributed by atoms with Crippen LogP contribution in [0.3, 0.4) is 0 Å². The van der Waals surface area contributed by atoms with E-state index in [9.17, 15) is 9.18 Å². The van der Waals surface area contributed by atoms with Crippen LogP contribution in [0.4, 0.5) is 4.39 Å². The second-order valence-corrected chi connectivity index (χ2v) is 6.68. The minimum atomic E-state index is -0.317. The van der Waals surface area contributed by atoms with Gasteiger partial charge < -0.3 is 10.6 Å². The summed E-state index contributed by atoms with van der Waals surface area (Å²) in [5, 5.41) is 0. The lowest BCUT2D eigenvalue weighted by Gasteiger charge is -2.26. The molecule has 3 unspecified atom stereocenters. The van der Waals surface area contributed by atoms with Crippen LogP contribution >= 0.6 is 12.4 Å². The molecule has 2 N–H and O–H groups in total. The van der Waals surface area contributed by atoms with Crippen molar-refractivity contribution in [3.05, 3.63) is 71.5 Å². The van der Waals surface area contributed by atoms with Crippen molar-refractivity contribution in [3.8, 4) is 0 Å². The Morgan fingerprint density at radius 3 is 2.64 bits per heavy atom. The lowest BCUT2D eigenvalue weighted by Crippen LogP contribution is -2.33. The van der Waals surface area contributed by atoms with Crippen molar-refractivity contribution in [1.82, 2.24) is 4.90 Å². The fourth-order valence-electron chi connectivity index (χ4n) is 3.47. The van der Waals surface area contributed by atoms with E-state index in [1.165, 1.54) is 12.1 Å². The van der Waals surface area contributed by atoms with Crippen molar-refractivity contribution in [1.29, 1.82) is 0 Å². The van der Waals surface area contributed by atoms with Crippen LogP contribution in [0.2, 0.25) is 0 Å². The monoisotopic (exact) mass is 362 g/mol. The van der Waals surface area contributed by atoms with E-state index in [2.05, 4.69) is 6.92 Å². The second kappa shape index (κ2) is 8.45. The number of amides is 1. The van der Waals surface area contributed by atoms with Crippen molar-refractivity contribution >= 4 is 18.3 Å². The number of carbonyl (C=O) groups is 1. The molecule has 1 saturated heterocycles. The Kier molecular flexibility index (Phi) is 6.57. The highest BCUT2D eigenvalue weighted by atomic mass is 35.5. The maximum Gasteiger partial charge on any atom is 0.225 e. The van der Waals surface area contributed by atoms with Gasteiger partial charge in [0.25, 0.3) is 0 Å². The maximum absolute atomic E-state index is 13.6. The molecule has 1 aliphatic heterocycles. The quantitative estimate of drug-likeness (QED) is 0.883. The van der Waals surface area contributed by atoms with Gasteiger partial charge in [-0.15, -0.1) is 12.4 Å². The molecule has 1 fully saturated rings. The van der Waals surface area contributed by atoms with Crippen LogP contribution in [-0.2, 0) is 4.79 Å². The Bertz CT molecular complexity index is 710. The molecule has 2 aromatic carbocycles. The summed E-state index contributed by atoms with van der Waals surface area (Å²) in [6.45, 7) is 2.82. The molecule has 1 heterocycles. The minimum absolute atomic E-state index is 0. The van der Waals surface area contributed by atoms with E-state index >= 15 is 0 Å². The Balaban J connectivity index is 0.00000225. The van der Waals surface area contributed by atoms with Crippen molar-refractivity contribution in [2.45, 2.75) is 31.8 Å². The summed E-state index contributed by atoms with van der Waals surface area (Å²) in [6, 6.07) is 15.8. The van der Waals surface area contributed by atoms with Crippen LogP contribution in [-0.4, -0.2) is 17.4 Å². The predicted molar refractivity (Wildman–Crippen MR) is 99.9 cm³/mol. The largest absolute Gasteiger partial charge is 0.335 e. The Morgan fingerprint density at radius 2 is 1.96 bits per heavy atom. The smallest absolute Gasteiger partial charge is 0.225 e. The number of benzene rings is 2. The molecular weight excluding hydrogens is 339 g/mol. The van der Waals surface area contributed by atoms with Crippen LogP contribution in [0.15, 0.2) is 54.6 Å². The summed E-state index contributed by atoms with van der Waals surface area (Å²) in [5.74, 6) is 0.167. The third-order valence-electron chi connectivity index (χ3n) is 4.69.